The molecule has 144 valence electrons. The Labute approximate surface area is 165 Å². The first-order valence-electron chi connectivity index (χ1n) is 8.50. The Balaban J connectivity index is 1.89. The van der Waals surface area contributed by atoms with Gasteiger partial charge in [0.15, 0.2) is 5.13 Å². The van der Waals surface area contributed by atoms with Crippen LogP contribution < -0.4 is 16.0 Å². The molecule has 0 spiro atoms. The molecule has 0 bridgehead atoms. The summed E-state index contributed by atoms with van der Waals surface area (Å²) < 4.78 is 13.7. The normalized spacial score (nSPS) is 10.4. The molecule has 2 amide bonds. The largest absolute Gasteiger partial charge is 0.331 e. The first-order chi connectivity index (χ1) is 13.3. The summed E-state index contributed by atoms with van der Waals surface area (Å²) in [5.74, 6) is -0.722. The van der Waals surface area contributed by atoms with Gasteiger partial charge in [0.05, 0.1) is 11.4 Å². The minimum atomic E-state index is -0.289. The lowest BCUT2D eigenvalue weighted by Gasteiger charge is -2.11. The van der Waals surface area contributed by atoms with E-state index in [1.807, 2.05) is 5.38 Å². The van der Waals surface area contributed by atoms with Gasteiger partial charge < -0.3 is 16.0 Å². The summed E-state index contributed by atoms with van der Waals surface area (Å²) in [5.41, 5.74) is 3.65. The number of thiazole rings is 1. The predicted molar refractivity (Wildman–Crippen MR) is 111 cm³/mol. The van der Waals surface area contributed by atoms with Gasteiger partial charge >= 0.3 is 0 Å². The quantitative estimate of drug-likeness (QED) is 0.570. The zero-order valence-corrected chi connectivity index (χ0v) is 16.4. The lowest BCUT2D eigenvalue weighted by molar-refractivity contribution is -0.115. The number of amides is 2. The van der Waals surface area contributed by atoms with Gasteiger partial charge in [0.25, 0.3) is 0 Å². The van der Waals surface area contributed by atoms with E-state index in [0.29, 0.717) is 39.0 Å². The van der Waals surface area contributed by atoms with Crippen molar-refractivity contribution in [2.75, 3.05) is 16.0 Å². The number of nitrogens with one attached hydrogen (secondary N) is 3. The first-order valence-corrected chi connectivity index (χ1v) is 9.38. The summed E-state index contributed by atoms with van der Waals surface area (Å²) >= 11 is 1.36. The Morgan fingerprint density at radius 1 is 1.00 bits per heavy atom. The Morgan fingerprint density at radius 2 is 1.71 bits per heavy atom. The maximum absolute atomic E-state index is 13.7. The van der Waals surface area contributed by atoms with E-state index in [9.17, 15) is 14.0 Å². The molecule has 0 aliphatic rings. The molecule has 0 radical (unpaired) electrons. The van der Waals surface area contributed by atoms with E-state index in [4.69, 9.17) is 0 Å². The Hall–Kier alpha value is -3.26. The highest BCUT2D eigenvalue weighted by molar-refractivity contribution is 7.14. The second kappa shape index (κ2) is 8.18. The number of carbonyl (C=O) groups excluding carboxylic acids is 2. The van der Waals surface area contributed by atoms with Crippen LogP contribution in [0.4, 0.5) is 26.6 Å². The Bertz CT molecular complexity index is 1050. The van der Waals surface area contributed by atoms with Crippen molar-refractivity contribution in [2.24, 2.45) is 0 Å². The average Bonchev–Trinajstić information content (AvgIpc) is 3.05. The van der Waals surface area contributed by atoms with Gasteiger partial charge in [-0.25, -0.2) is 9.37 Å². The van der Waals surface area contributed by atoms with Crippen LogP contribution in [0.1, 0.15) is 19.4 Å². The van der Waals surface area contributed by atoms with Crippen LogP contribution in [0.2, 0.25) is 0 Å². The summed E-state index contributed by atoms with van der Waals surface area (Å²) in [7, 11) is 0. The Morgan fingerprint density at radius 3 is 2.39 bits per heavy atom. The van der Waals surface area contributed by atoms with Gasteiger partial charge in [0, 0.05) is 36.2 Å². The van der Waals surface area contributed by atoms with Crippen LogP contribution in [-0.2, 0) is 9.59 Å². The molecule has 3 rings (SSSR count). The lowest BCUT2D eigenvalue weighted by Crippen LogP contribution is -2.09. The molecule has 3 N–H and O–H groups in total. The zero-order chi connectivity index (χ0) is 20.3. The van der Waals surface area contributed by atoms with Crippen LogP contribution in [0.15, 0.2) is 41.8 Å². The number of benzene rings is 2. The number of hydrogen-bond donors (Lipinski definition) is 3. The predicted octanol–water partition coefficient (Wildman–Crippen LogP) is 4.92. The zero-order valence-electron chi connectivity index (χ0n) is 15.6. The third-order valence-corrected chi connectivity index (χ3v) is 4.61. The van der Waals surface area contributed by atoms with Crippen molar-refractivity contribution in [2.45, 2.75) is 20.8 Å². The fourth-order valence-electron chi connectivity index (χ4n) is 2.59. The SMILES string of the molecule is CC(=O)Nc1ccc(-c2csc(Nc3ccc(C)c(F)c3)n2)c(NC(C)=O)c1. The van der Waals surface area contributed by atoms with E-state index in [1.165, 1.54) is 31.3 Å². The number of aryl methyl sites for hydroxylation is 1. The molecule has 1 heterocycles. The van der Waals surface area contributed by atoms with E-state index in [-0.39, 0.29) is 17.6 Å². The van der Waals surface area contributed by atoms with Crippen molar-refractivity contribution >= 4 is 45.3 Å². The molecule has 8 heteroatoms. The highest BCUT2D eigenvalue weighted by atomic mass is 32.1. The average molecular weight is 398 g/mol. The van der Waals surface area contributed by atoms with Gasteiger partial charge in [-0.2, -0.15) is 0 Å². The molecule has 0 saturated heterocycles. The van der Waals surface area contributed by atoms with Gasteiger partial charge in [0.2, 0.25) is 11.8 Å². The number of rotatable bonds is 5. The molecule has 2 aromatic carbocycles. The summed E-state index contributed by atoms with van der Waals surface area (Å²) in [6, 6.07) is 10.1. The fraction of sp³-hybridized carbons (Fsp3) is 0.150. The van der Waals surface area contributed by atoms with Crippen LogP contribution in [0.5, 0.6) is 0 Å². The number of carbonyl (C=O) groups is 2. The molecule has 0 aliphatic carbocycles. The Kier molecular flexibility index (Phi) is 5.70. The van der Waals surface area contributed by atoms with Gasteiger partial charge in [0.1, 0.15) is 5.82 Å². The molecule has 0 fully saturated rings. The minimum Gasteiger partial charge on any atom is -0.331 e. The van der Waals surface area contributed by atoms with E-state index >= 15 is 0 Å². The summed E-state index contributed by atoms with van der Waals surface area (Å²) in [5, 5.41) is 11.0. The minimum absolute atomic E-state index is 0.202. The van der Waals surface area contributed by atoms with Crippen LogP contribution in [-0.4, -0.2) is 16.8 Å². The topological polar surface area (TPSA) is 83.1 Å². The molecule has 0 unspecified atom stereocenters. The number of anilines is 4. The molecule has 0 aliphatic heterocycles. The van der Waals surface area contributed by atoms with E-state index in [2.05, 4.69) is 20.9 Å². The second-order valence-corrected chi connectivity index (χ2v) is 7.11. The van der Waals surface area contributed by atoms with Crippen LogP contribution in [0.3, 0.4) is 0 Å². The third-order valence-electron chi connectivity index (χ3n) is 3.85. The molecule has 3 aromatic rings. The summed E-state index contributed by atoms with van der Waals surface area (Å²) in [6.45, 7) is 4.53. The highest BCUT2D eigenvalue weighted by Crippen LogP contribution is 2.34. The van der Waals surface area contributed by atoms with Crippen molar-refractivity contribution in [3.05, 3.63) is 53.2 Å². The van der Waals surface area contributed by atoms with Crippen molar-refractivity contribution in [1.29, 1.82) is 0 Å². The molecular formula is C20H19FN4O2S. The summed E-state index contributed by atoms with van der Waals surface area (Å²) in [4.78, 5) is 27.4. The smallest absolute Gasteiger partial charge is 0.221 e. The molecule has 0 saturated carbocycles. The first kappa shape index (κ1) is 19.5. The monoisotopic (exact) mass is 398 g/mol. The van der Waals surface area contributed by atoms with E-state index < -0.39 is 0 Å². The van der Waals surface area contributed by atoms with Crippen LogP contribution in [0.25, 0.3) is 11.3 Å². The fourth-order valence-corrected chi connectivity index (χ4v) is 3.32. The molecular weight excluding hydrogens is 379 g/mol. The van der Waals surface area contributed by atoms with E-state index in [0.717, 1.165) is 0 Å². The maximum Gasteiger partial charge on any atom is 0.221 e. The lowest BCUT2D eigenvalue weighted by atomic mass is 10.1. The molecule has 28 heavy (non-hydrogen) atoms. The highest BCUT2D eigenvalue weighted by Gasteiger charge is 2.12. The number of hydrogen-bond acceptors (Lipinski definition) is 5. The van der Waals surface area contributed by atoms with Crippen molar-refractivity contribution in [3.63, 3.8) is 0 Å². The third kappa shape index (κ3) is 4.72. The van der Waals surface area contributed by atoms with Gasteiger partial charge in [-0.05, 0) is 42.8 Å². The van der Waals surface area contributed by atoms with Gasteiger partial charge in [-0.15, -0.1) is 11.3 Å². The second-order valence-electron chi connectivity index (χ2n) is 6.25. The number of halogens is 1. The van der Waals surface area contributed by atoms with Crippen LogP contribution in [0, 0.1) is 12.7 Å². The summed E-state index contributed by atoms with van der Waals surface area (Å²) in [6.07, 6.45) is 0. The van der Waals surface area contributed by atoms with Crippen LogP contribution >= 0.6 is 11.3 Å². The number of aromatic nitrogens is 1. The molecule has 1 aromatic heterocycles. The standard InChI is InChI=1S/C20H19FN4O2S/c1-11-4-5-14(8-17(11)21)24-20-25-19(10-28-20)16-7-6-15(22-12(2)26)9-18(16)23-13(3)27/h4-10H,1-3H3,(H,22,26)(H,23,27)(H,24,25). The van der Waals surface area contributed by atoms with Gasteiger partial charge in [-0.1, -0.05) is 6.07 Å². The van der Waals surface area contributed by atoms with Crippen molar-refractivity contribution in [1.82, 2.24) is 4.98 Å². The van der Waals surface area contributed by atoms with Crippen molar-refractivity contribution < 1.29 is 14.0 Å². The van der Waals surface area contributed by atoms with Crippen molar-refractivity contribution in [3.8, 4) is 11.3 Å². The molecule has 0 atom stereocenters. The maximum atomic E-state index is 13.7. The number of nitrogens with zero attached hydrogens (tertiary/aromatic N) is 1. The van der Waals surface area contributed by atoms with E-state index in [1.54, 1.807) is 37.3 Å². The molecule has 6 nitrogen and oxygen atoms in total. The van der Waals surface area contributed by atoms with Gasteiger partial charge in [-0.3, -0.25) is 9.59 Å².